The molecule has 1 aliphatic rings. The van der Waals surface area contributed by atoms with Gasteiger partial charge in [-0.05, 0) is 0 Å². The van der Waals surface area contributed by atoms with Crippen LogP contribution in [-0.2, 0) is 0 Å². The maximum Gasteiger partial charge on any atom is 0.117 e. The van der Waals surface area contributed by atoms with E-state index in [0.717, 1.165) is 0 Å². The minimum Gasteiger partial charge on any atom is -0.610 e. The van der Waals surface area contributed by atoms with Gasteiger partial charge in [-0.1, -0.05) is 10.8 Å². The number of quaternary nitrogens is 1. The van der Waals surface area contributed by atoms with Crippen LogP contribution < -0.4 is 10.0 Å². The molecule has 1 rings (SSSR count). The molecule has 0 aromatic heterocycles. The van der Waals surface area contributed by atoms with Gasteiger partial charge in [-0.25, -0.2) is 0 Å². The zero-order chi connectivity index (χ0) is 6.20. The molecule has 1 radical (unpaired) electrons. The third kappa shape index (κ3) is 1.31. The van der Waals surface area contributed by atoms with Crippen LogP contribution >= 0.6 is 10.8 Å². The van der Waals surface area contributed by atoms with Crippen molar-refractivity contribution >= 4 is 10.8 Å². The minimum absolute atomic E-state index is 0.117. The highest BCUT2D eigenvalue weighted by Gasteiger charge is 2.27. The summed E-state index contributed by atoms with van der Waals surface area (Å²) in [5.74, 6) is 0.117. The molecule has 0 spiro atoms. The van der Waals surface area contributed by atoms with E-state index in [4.69, 9.17) is 9.11 Å². The van der Waals surface area contributed by atoms with Gasteiger partial charge >= 0.3 is 0 Å². The maximum atomic E-state index is 10.2. The molecule has 1 heterocycles. The molecule has 0 bridgehead atoms. The molecular formula is C2H7N2O3S. The van der Waals surface area contributed by atoms with Crippen molar-refractivity contribution in [2.45, 2.75) is 0 Å². The molecule has 1 aliphatic heterocycles. The molecule has 1 saturated heterocycles. The van der Waals surface area contributed by atoms with Crippen LogP contribution in [0.15, 0.2) is 0 Å². The number of hydrogen-bond acceptors (Lipinski definition) is 3. The SMILES string of the molecule is [O-][NH+]1CCS(O)(O)[N]1. The monoisotopic (exact) mass is 139 g/mol. The van der Waals surface area contributed by atoms with Crippen molar-refractivity contribution in [3.8, 4) is 0 Å². The van der Waals surface area contributed by atoms with Crippen LogP contribution in [0.25, 0.3) is 0 Å². The lowest BCUT2D eigenvalue weighted by molar-refractivity contribution is -0.875. The van der Waals surface area contributed by atoms with Gasteiger partial charge in [0.1, 0.15) is 12.3 Å². The summed E-state index contributed by atoms with van der Waals surface area (Å²) in [5, 5.41) is 9.79. The van der Waals surface area contributed by atoms with Crippen molar-refractivity contribution in [3.63, 3.8) is 0 Å². The fourth-order valence-corrected chi connectivity index (χ4v) is 1.44. The van der Waals surface area contributed by atoms with Gasteiger partial charge < -0.3 is 5.21 Å². The number of hydrogen-bond donors (Lipinski definition) is 3. The van der Waals surface area contributed by atoms with E-state index in [0.29, 0.717) is 0 Å². The van der Waals surface area contributed by atoms with Crippen LogP contribution in [0.3, 0.4) is 0 Å². The van der Waals surface area contributed by atoms with Gasteiger partial charge in [0.15, 0.2) is 0 Å². The zero-order valence-corrected chi connectivity index (χ0v) is 4.89. The number of rotatable bonds is 0. The third-order valence-corrected chi connectivity index (χ3v) is 2.09. The highest BCUT2D eigenvalue weighted by molar-refractivity contribution is 8.22. The molecule has 1 unspecified atom stereocenters. The summed E-state index contributed by atoms with van der Waals surface area (Å²) in [6, 6.07) is 0. The summed E-state index contributed by atoms with van der Waals surface area (Å²) in [4.78, 5) is 3.08. The summed E-state index contributed by atoms with van der Waals surface area (Å²) in [6.45, 7) is 0.183. The normalized spacial score (nSPS) is 39.6. The van der Waals surface area contributed by atoms with Crippen molar-refractivity contribution in [3.05, 3.63) is 5.21 Å². The maximum absolute atomic E-state index is 10.2. The first-order valence-electron chi connectivity index (χ1n) is 2.12. The largest absolute Gasteiger partial charge is 0.610 e. The smallest absolute Gasteiger partial charge is 0.117 e. The summed E-state index contributed by atoms with van der Waals surface area (Å²) in [5.41, 5.74) is 0. The number of hydroxylamine groups is 1. The Kier molecular flexibility index (Phi) is 1.44. The Morgan fingerprint density at radius 2 is 2.25 bits per heavy atom. The van der Waals surface area contributed by atoms with Crippen LogP contribution in [0.1, 0.15) is 0 Å². The van der Waals surface area contributed by atoms with Crippen LogP contribution in [0.4, 0.5) is 0 Å². The summed E-state index contributed by atoms with van der Waals surface area (Å²) in [6.07, 6.45) is 0. The molecule has 1 atom stereocenters. The second-order valence-electron chi connectivity index (χ2n) is 1.57. The second kappa shape index (κ2) is 1.83. The summed E-state index contributed by atoms with van der Waals surface area (Å²) >= 11 is 0. The Labute approximate surface area is 48.3 Å². The Morgan fingerprint density at radius 3 is 2.38 bits per heavy atom. The van der Waals surface area contributed by atoms with E-state index in [1.165, 1.54) is 0 Å². The van der Waals surface area contributed by atoms with Crippen molar-refractivity contribution in [1.82, 2.24) is 4.83 Å². The fourth-order valence-electron chi connectivity index (χ4n) is 0.479. The van der Waals surface area contributed by atoms with Crippen molar-refractivity contribution in [1.29, 1.82) is 0 Å². The summed E-state index contributed by atoms with van der Waals surface area (Å²) in [7, 11) is -2.82. The highest BCUT2D eigenvalue weighted by Crippen LogP contribution is 2.33. The van der Waals surface area contributed by atoms with Crippen LogP contribution in [-0.4, -0.2) is 21.4 Å². The van der Waals surface area contributed by atoms with E-state index < -0.39 is 15.9 Å². The molecular weight excluding hydrogens is 132 g/mol. The molecule has 0 amide bonds. The molecule has 0 aliphatic carbocycles. The van der Waals surface area contributed by atoms with E-state index in [-0.39, 0.29) is 12.3 Å². The molecule has 3 N–H and O–H groups in total. The molecule has 5 nitrogen and oxygen atoms in total. The predicted octanol–water partition coefficient (Wildman–Crippen LogP) is -1.43. The number of nitrogens with one attached hydrogen (secondary N) is 1. The quantitative estimate of drug-likeness (QED) is 0.360. The fraction of sp³-hybridized carbons (Fsp3) is 1.00. The first-order chi connectivity index (χ1) is 3.60. The standard InChI is InChI=1S/C2H7N2O3S/c5-4-1-2-8(6,7)3-4/h4,6-7H,1-2H2. The Morgan fingerprint density at radius 1 is 1.62 bits per heavy atom. The predicted molar refractivity (Wildman–Crippen MR) is 29.0 cm³/mol. The van der Waals surface area contributed by atoms with Crippen molar-refractivity contribution in [2.24, 2.45) is 0 Å². The lowest BCUT2D eigenvalue weighted by Gasteiger charge is -2.20. The van der Waals surface area contributed by atoms with Crippen LogP contribution in [0.2, 0.25) is 0 Å². The minimum atomic E-state index is -2.82. The van der Waals surface area contributed by atoms with E-state index in [1.54, 1.807) is 0 Å². The van der Waals surface area contributed by atoms with Crippen molar-refractivity contribution in [2.75, 3.05) is 12.3 Å². The lowest BCUT2D eigenvalue weighted by Crippen LogP contribution is -3.08. The van der Waals surface area contributed by atoms with Gasteiger partial charge in [0.2, 0.25) is 0 Å². The van der Waals surface area contributed by atoms with E-state index >= 15 is 0 Å². The van der Waals surface area contributed by atoms with E-state index in [1.807, 2.05) is 0 Å². The van der Waals surface area contributed by atoms with Gasteiger partial charge in [0.05, 0.1) is 4.83 Å². The molecule has 0 saturated carbocycles. The molecule has 6 heteroatoms. The average Bonchev–Trinajstić information content (AvgIpc) is 1.82. The Balaban J connectivity index is 2.44. The van der Waals surface area contributed by atoms with Gasteiger partial charge in [-0.15, -0.1) is 0 Å². The third-order valence-electron chi connectivity index (χ3n) is 0.838. The molecule has 49 valence electrons. The van der Waals surface area contributed by atoms with E-state index in [2.05, 4.69) is 4.83 Å². The summed E-state index contributed by atoms with van der Waals surface area (Å²) < 4.78 is 17.2. The van der Waals surface area contributed by atoms with Crippen LogP contribution in [0.5, 0.6) is 0 Å². The van der Waals surface area contributed by atoms with Gasteiger partial charge in [-0.3, -0.25) is 14.3 Å². The Hall–Kier alpha value is 0.150. The Bertz CT molecular complexity index is 97.3. The molecule has 0 aromatic rings. The first-order valence-corrected chi connectivity index (χ1v) is 3.79. The number of nitrogens with zero attached hydrogens (tertiary/aromatic N) is 1. The first kappa shape index (κ1) is 6.27. The molecule has 1 fully saturated rings. The molecule has 0 aromatic carbocycles. The lowest BCUT2D eigenvalue weighted by atomic mass is 10.8. The van der Waals surface area contributed by atoms with E-state index in [9.17, 15) is 5.21 Å². The van der Waals surface area contributed by atoms with Gasteiger partial charge in [-0.2, -0.15) is 0 Å². The van der Waals surface area contributed by atoms with Crippen molar-refractivity contribution < 1.29 is 14.3 Å². The van der Waals surface area contributed by atoms with Gasteiger partial charge in [0.25, 0.3) is 0 Å². The van der Waals surface area contributed by atoms with Gasteiger partial charge in [0, 0.05) is 0 Å². The highest BCUT2D eigenvalue weighted by atomic mass is 32.3. The van der Waals surface area contributed by atoms with Crippen LogP contribution in [0, 0.1) is 5.21 Å². The zero-order valence-electron chi connectivity index (χ0n) is 4.07. The topological polar surface area (TPSA) is 82.1 Å². The second-order valence-corrected chi connectivity index (χ2v) is 3.43. The average molecular weight is 139 g/mol. The molecule has 8 heavy (non-hydrogen) atoms.